The van der Waals surface area contributed by atoms with E-state index in [1.807, 2.05) is 0 Å². The van der Waals surface area contributed by atoms with Crippen LogP contribution in [0, 0.1) is 5.82 Å². The minimum atomic E-state index is -0.381. The van der Waals surface area contributed by atoms with E-state index in [4.69, 9.17) is 11.6 Å². The van der Waals surface area contributed by atoms with Crippen LogP contribution in [0.4, 0.5) is 10.1 Å². The molecule has 0 aromatic heterocycles. The first-order valence-corrected chi connectivity index (χ1v) is 6.33. The number of carbonyl (C=O) groups is 1. The van der Waals surface area contributed by atoms with Crippen molar-refractivity contribution in [3.05, 3.63) is 64.4 Å². The monoisotopic (exact) mass is 293 g/mol. The lowest BCUT2D eigenvalue weighted by Gasteiger charge is -2.08. The molecule has 2 aromatic rings. The molecular formula is C15H13ClFNO2. The molecule has 2 rings (SSSR count). The molecule has 20 heavy (non-hydrogen) atoms. The number of anilines is 1. The van der Waals surface area contributed by atoms with Crippen LogP contribution in [0.2, 0.25) is 5.02 Å². The smallest absolute Gasteiger partial charge is 0.337 e. The summed E-state index contributed by atoms with van der Waals surface area (Å²) in [5.74, 6) is -0.746. The third-order valence-electron chi connectivity index (χ3n) is 2.72. The lowest BCUT2D eigenvalue weighted by Crippen LogP contribution is -2.03. The van der Waals surface area contributed by atoms with Crippen LogP contribution in [0.3, 0.4) is 0 Å². The van der Waals surface area contributed by atoms with Crippen molar-refractivity contribution in [3.8, 4) is 0 Å². The summed E-state index contributed by atoms with van der Waals surface area (Å²) in [6, 6.07) is 11.2. The zero-order chi connectivity index (χ0) is 14.5. The minimum absolute atomic E-state index is 0.364. The summed E-state index contributed by atoms with van der Waals surface area (Å²) in [5, 5.41) is 3.49. The van der Waals surface area contributed by atoms with Crippen LogP contribution in [0.25, 0.3) is 0 Å². The minimum Gasteiger partial charge on any atom is -0.465 e. The molecule has 0 aliphatic heterocycles. The molecule has 1 N–H and O–H groups in total. The molecule has 0 aliphatic rings. The third kappa shape index (κ3) is 3.71. The zero-order valence-corrected chi connectivity index (χ0v) is 11.6. The molecule has 104 valence electrons. The molecule has 0 aliphatic carbocycles. The van der Waals surface area contributed by atoms with Gasteiger partial charge in [-0.15, -0.1) is 0 Å². The van der Waals surface area contributed by atoms with Gasteiger partial charge in [0.2, 0.25) is 0 Å². The predicted octanol–water partition coefficient (Wildman–Crippen LogP) is 3.88. The quantitative estimate of drug-likeness (QED) is 0.870. The van der Waals surface area contributed by atoms with E-state index < -0.39 is 0 Å². The Hall–Kier alpha value is -2.07. The summed E-state index contributed by atoms with van der Waals surface area (Å²) in [6.07, 6.45) is 0. The second-order valence-corrected chi connectivity index (χ2v) is 4.64. The summed E-state index contributed by atoms with van der Waals surface area (Å²) >= 11 is 5.78. The Balaban J connectivity index is 2.02. The van der Waals surface area contributed by atoms with Crippen molar-refractivity contribution in [1.82, 2.24) is 0 Å². The normalized spacial score (nSPS) is 10.2. The molecule has 5 heteroatoms. The number of nitrogens with one attached hydrogen (secondary N) is 1. The number of benzene rings is 2. The fourth-order valence-electron chi connectivity index (χ4n) is 1.76. The van der Waals surface area contributed by atoms with Gasteiger partial charge in [0.15, 0.2) is 0 Å². The van der Waals surface area contributed by atoms with Crippen molar-refractivity contribution in [2.24, 2.45) is 0 Å². The maximum atomic E-state index is 13.2. The van der Waals surface area contributed by atoms with Gasteiger partial charge in [-0.25, -0.2) is 9.18 Å². The summed E-state index contributed by atoms with van der Waals surface area (Å²) in [6.45, 7) is 0.440. The van der Waals surface area contributed by atoms with Crippen LogP contribution in [0.5, 0.6) is 0 Å². The Morgan fingerprint density at radius 3 is 2.55 bits per heavy atom. The lowest BCUT2D eigenvalue weighted by molar-refractivity contribution is 0.0601. The van der Waals surface area contributed by atoms with E-state index in [0.717, 1.165) is 11.3 Å². The predicted molar refractivity (Wildman–Crippen MR) is 76.5 cm³/mol. The van der Waals surface area contributed by atoms with Gasteiger partial charge in [0.1, 0.15) is 5.82 Å². The van der Waals surface area contributed by atoms with Crippen LogP contribution >= 0.6 is 11.6 Å². The molecule has 0 spiro atoms. The van der Waals surface area contributed by atoms with E-state index in [9.17, 15) is 9.18 Å². The number of carbonyl (C=O) groups excluding carboxylic acids is 1. The topological polar surface area (TPSA) is 38.3 Å². The Bertz CT molecular complexity index is 594. The van der Waals surface area contributed by atoms with Crippen LogP contribution in [-0.2, 0) is 11.3 Å². The number of hydrogen-bond donors (Lipinski definition) is 1. The SMILES string of the molecule is COC(=O)c1ccc(NCc2cc(F)cc(Cl)c2)cc1. The van der Waals surface area contributed by atoms with Gasteiger partial charge >= 0.3 is 5.97 Å². The molecule has 0 amide bonds. The highest BCUT2D eigenvalue weighted by atomic mass is 35.5. The van der Waals surface area contributed by atoms with Crippen LogP contribution < -0.4 is 5.32 Å². The average Bonchev–Trinajstić information content (AvgIpc) is 2.44. The molecule has 0 saturated heterocycles. The third-order valence-corrected chi connectivity index (χ3v) is 2.94. The Labute approximate surface area is 121 Å². The number of hydrogen-bond acceptors (Lipinski definition) is 3. The van der Waals surface area contributed by atoms with Crippen molar-refractivity contribution in [1.29, 1.82) is 0 Å². The summed E-state index contributed by atoms with van der Waals surface area (Å²) in [7, 11) is 1.34. The van der Waals surface area contributed by atoms with E-state index in [2.05, 4.69) is 10.1 Å². The van der Waals surface area contributed by atoms with Gasteiger partial charge in [-0.2, -0.15) is 0 Å². The Kier molecular flexibility index (Phi) is 4.58. The van der Waals surface area contributed by atoms with E-state index in [1.54, 1.807) is 30.3 Å². The highest BCUT2D eigenvalue weighted by molar-refractivity contribution is 6.30. The summed E-state index contributed by atoms with van der Waals surface area (Å²) in [5.41, 5.74) is 2.04. The second kappa shape index (κ2) is 6.39. The van der Waals surface area contributed by atoms with Gasteiger partial charge in [0, 0.05) is 17.3 Å². The molecule has 2 aromatic carbocycles. The average molecular weight is 294 g/mol. The Morgan fingerprint density at radius 2 is 1.95 bits per heavy atom. The van der Waals surface area contributed by atoms with E-state index >= 15 is 0 Å². The highest BCUT2D eigenvalue weighted by Crippen LogP contribution is 2.16. The second-order valence-electron chi connectivity index (χ2n) is 4.20. The number of ether oxygens (including phenoxy) is 1. The van der Waals surface area contributed by atoms with Gasteiger partial charge in [-0.1, -0.05) is 11.6 Å². The summed E-state index contributed by atoms with van der Waals surface area (Å²) < 4.78 is 17.8. The first-order valence-electron chi connectivity index (χ1n) is 5.95. The van der Waals surface area contributed by atoms with Gasteiger partial charge in [0.05, 0.1) is 12.7 Å². The molecule has 0 atom stereocenters. The van der Waals surface area contributed by atoms with Crippen molar-refractivity contribution in [3.63, 3.8) is 0 Å². The number of esters is 1. The van der Waals surface area contributed by atoms with E-state index in [0.29, 0.717) is 17.1 Å². The number of methoxy groups -OCH3 is 1. The maximum absolute atomic E-state index is 13.2. The molecule has 0 saturated carbocycles. The van der Waals surface area contributed by atoms with Gasteiger partial charge in [-0.05, 0) is 48.0 Å². The van der Waals surface area contributed by atoms with Crippen LogP contribution in [-0.4, -0.2) is 13.1 Å². The number of rotatable bonds is 4. The van der Waals surface area contributed by atoms with Crippen molar-refractivity contribution < 1.29 is 13.9 Å². The summed E-state index contributed by atoms with van der Waals surface area (Å²) in [4.78, 5) is 11.3. The largest absolute Gasteiger partial charge is 0.465 e. The fraction of sp³-hybridized carbons (Fsp3) is 0.133. The molecule has 0 unspecified atom stereocenters. The van der Waals surface area contributed by atoms with Crippen LogP contribution in [0.1, 0.15) is 15.9 Å². The standard InChI is InChI=1S/C15H13ClFNO2/c1-20-15(19)11-2-4-14(5-3-11)18-9-10-6-12(16)8-13(17)7-10/h2-8,18H,9H2,1H3. The molecule has 0 radical (unpaired) electrons. The van der Waals surface area contributed by atoms with Gasteiger partial charge in [-0.3, -0.25) is 0 Å². The molecule has 3 nitrogen and oxygen atoms in total. The molecule has 0 fully saturated rings. The van der Waals surface area contributed by atoms with Crippen LogP contribution in [0.15, 0.2) is 42.5 Å². The first kappa shape index (κ1) is 14.3. The zero-order valence-electron chi connectivity index (χ0n) is 10.8. The number of halogens is 2. The van der Waals surface area contributed by atoms with Gasteiger partial charge < -0.3 is 10.1 Å². The molecule has 0 heterocycles. The highest BCUT2D eigenvalue weighted by Gasteiger charge is 2.04. The van der Waals surface area contributed by atoms with Crippen molar-refractivity contribution >= 4 is 23.3 Å². The maximum Gasteiger partial charge on any atom is 0.337 e. The van der Waals surface area contributed by atoms with E-state index in [-0.39, 0.29) is 11.8 Å². The van der Waals surface area contributed by atoms with Crippen molar-refractivity contribution in [2.75, 3.05) is 12.4 Å². The fourth-order valence-corrected chi connectivity index (χ4v) is 2.00. The van der Waals surface area contributed by atoms with Gasteiger partial charge in [0.25, 0.3) is 0 Å². The lowest BCUT2D eigenvalue weighted by atomic mass is 10.2. The van der Waals surface area contributed by atoms with Crippen molar-refractivity contribution in [2.45, 2.75) is 6.54 Å². The molecule has 0 bridgehead atoms. The Morgan fingerprint density at radius 1 is 1.25 bits per heavy atom. The first-order chi connectivity index (χ1) is 9.58. The molecular weight excluding hydrogens is 281 g/mol. The van der Waals surface area contributed by atoms with E-state index in [1.165, 1.54) is 19.2 Å².